The molecule has 0 aliphatic rings. The molecule has 0 radical (unpaired) electrons. The van der Waals surface area contributed by atoms with Gasteiger partial charge >= 0.3 is 0 Å². The summed E-state index contributed by atoms with van der Waals surface area (Å²) < 4.78 is 19.6. The van der Waals surface area contributed by atoms with E-state index in [4.69, 9.17) is 16.1 Å². The molecule has 8 heteroatoms. The zero-order valence-electron chi connectivity index (χ0n) is 19.2. The maximum absolute atomic E-state index is 14.4. The summed E-state index contributed by atoms with van der Waals surface area (Å²) in [6.45, 7) is 4.06. The number of aromatic nitrogens is 1. The van der Waals surface area contributed by atoms with E-state index >= 15 is 0 Å². The Morgan fingerprint density at radius 3 is 2.40 bits per heavy atom. The average Bonchev–Trinajstić information content (AvgIpc) is 3.22. The first-order valence-electron chi connectivity index (χ1n) is 11.1. The van der Waals surface area contributed by atoms with Crippen LogP contribution in [-0.2, 0) is 11.2 Å². The zero-order chi connectivity index (χ0) is 24.9. The summed E-state index contributed by atoms with van der Waals surface area (Å²) in [7, 11) is 0. The normalized spacial score (nSPS) is 10.7. The quantitative estimate of drug-likeness (QED) is 0.329. The van der Waals surface area contributed by atoms with Crippen LogP contribution in [0, 0.1) is 12.7 Å². The number of aryl methyl sites for hydroxylation is 1. The number of nitrogens with zero attached hydrogens (tertiary/aromatic N) is 2. The number of anilines is 2. The molecule has 0 spiro atoms. The van der Waals surface area contributed by atoms with Gasteiger partial charge in [0.2, 0.25) is 5.91 Å². The van der Waals surface area contributed by atoms with Gasteiger partial charge in [-0.2, -0.15) is 0 Å². The van der Waals surface area contributed by atoms with E-state index in [-0.39, 0.29) is 39.9 Å². The molecule has 0 aliphatic heterocycles. The highest BCUT2D eigenvalue weighted by molar-refractivity contribution is 6.33. The Kier molecular flexibility index (Phi) is 7.27. The van der Waals surface area contributed by atoms with E-state index in [0.717, 1.165) is 11.3 Å². The van der Waals surface area contributed by atoms with E-state index in [0.29, 0.717) is 12.2 Å². The van der Waals surface area contributed by atoms with E-state index in [1.165, 1.54) is 18.2 Å². The molecule has 1 aromatic heterocycles. The van der Waals surface area contributed by atoms with Gasteiger partial charge in [0.15, 0.2) is 0 Å². The molecule has 0 atom stereocenters. The molecule has 2 amide bonds. The Morgan fingerprint density at radius 2 is 1.74 bits per heavy atom. The van der Waals surface area contributed by atoms with Crippen LogP contribution in [0.15, 0.2) is 77.3 Å². The monoisotopic (exact) mass is 491 g/mol. The topological polar surface area (TPSA) is 75.4 Å². The lowest BCUT2D eigenvalue weighted by molar-refractivity contribution is -0.117. The summed E-state index contributed by atoms with van der Waals surface area (Å²) in [6.07, 6.45) is 0.220. The van der Waals surface area contributed by atoms with E-state index in [1.807, 2.05) is 37.3 Å². The molecule has 1 heterocycles. The van der Waals surface area contributed by atoms with Gasteiger partial charge in [0.1, 0.15) is 22.8 Å². The van der Waals surface area contributed by atoms with Crippen molar-refractivity contribution in [2.45, 2.75) is 20.3 Å². The Labute approximate surface area is 207 Å². The van der Waals surface area contributed by atoms with Crippen molar-refractivity contribution in [3.63, 3.8) is 0 Å². The van der Waals surface area contributed by atoms with Crippen LogP contribution in [0.1, 0.15) is 28.6 Å². The van der Waals surface area contributed by atoms with Crippen molar-refractivity contribution in [1.29, 1.82) is 0 Å². The first-order chi connectivity index (χ1) is 16.9. The number of carbonyl (C=O) groups is 2. The molecule has 3 aromatic carbocycles. The van der Waals surface area contributed by atoms with Gasteiger partial charge in [0, 0.05) is 17.9 Å². The van der Waals surface area contributed by atoms with Crippen molar-refractivity contribution in [3.8, 4) is 11.3 Å². The van der Waals surface area contributed by atoms with Crippen molar-refractivity contribution < 1.29 is 18.5 Å². The lowest BCUT2D eigenvalue weighted by Gasteiger charge is -2.21. The van der Waals surface area contributed by atoms with Crippen LogP contribution in [0.2, 0.25) is 5.02 Å². The fraction of sp³-hybridized carbons (Fsp3) is 0.148. The fourth-order valence-corrected chi connectivity index (χ4v) is 4.07. The molecule has 1 N–H and O–H groups in total. The van der Waals surface area contributed by atoms with Gasteiger partial charge < -0.3 is 14.7 Å². The van der Waals surface area contributed by atoms with Crippen molar-refractivity contribution in [1.82, 2.24) is 5.16 Å². The summed E-state index contributed by atoms with van der Waals surface area (Å²) in [4.78, 5) is 27.6. The standard InChI is InChI=1S/C27H23ClFN3O3/c1-3-32(20-8-5-4-6-9-20)23(33)16-18-12-14-19(15-13-18)30-27(34)24-17(2)35-31-26(24)25-21(28)10-7-11-22(25)29/h4-15H,3,16H2,1-2H3,(H,30,34). The molecule has 178 valence electrons. The number of benzene rings is 3. The highest BCUT2D eigenvalue weighted by Crippen LogP contribution is 2.33. The molecule has 35 heavy (non-hydrogen) atoms. The predicted molar refractivity (Wildman–Crippen MR) is 134 cm³/mol. The third kappa shape index (κ3) is 5.25. The van der Waals surface area contributed by atoms with Crippen LogP contribution in [0.25, 0.3) is 11.3 Å². The summed E-state index contributed by atoms with van der Waals surface area (Å²) >= 11 is 6.16. The SMILES string of the molecule is CCN(C(=O)Cc1ccc(NC(=O)c2c(-c3c(F)cccc3Cl)noc2C)cc1)c1ccccc1. The Hall–Kier alpha value is -3.97. The van der Waals surface area contributed by atoms with Crippen LogP contribution in [-0.4, -0.2) is 23.5 Å². The number of amides is 2. The fourth-order valence-electron chi connectivity index (χ4n) is 3.81. The van der Waals surface area contributed by atoms with E-state index < -0.39 is 11.7 Å². The Morgan fingerprint density at radius 1 is 1.03 bits per heavy atom. The molecule has 0 saturated carbocycles. The van der Waals surface area contributed by atoms with Gasteiger partial charge in [-0.3, -0.25) is 9.59 Å². The van der Waals surface area contributed by atoms with Gasteiger partial charge in [-0.25, -0.2) is 4.39 Å². The van der Waals surface area contributed by atoms with E-state index in [9.17, 15) is 14.0 Å². The van der Waals surface area contributed by atoms with Crippen molar-refractivity contribution >= 4 is 34.8 Å². The predicted octanol–water partition coefficient (Wildman–Crippen LogP) is 6.29. The smallest absolute Gasteiger partial charge is 0.261 e. The third-order valence-corrected chi connectivity index (χ3v) is 5.86. The maximum Gasteiger partial charge on any atom is 0.261 e. The van der Waals surface area contributed by atoms with Crippen LogP contribution in [0.3, 0.4) is 0 Å². The van der Waals surface area contributed by atoms with Crippen molar-refractivity contribution in [3.05, 3.63) is 101 Å². The molecular formula is C27H23ClFN3O3. The minimum Gasteiger partial charge on any atom is -0.360 e. The second-order valence-electron chi connectivity index (χ2n) is 7.86. The second-order valence-corrected chi connectivity index (χ2v) is 8.27. The number of likely N-dealkylation sites (N-methyl/N-ethyl adjacent to an activating group) is 1. The van der Waals surface area contributed by atoms with Gasteiger partial charge in [-0.05, 0) is 55.8 Å². The molecule has 0 unspecified atom stereocenters. The third-order valence-electron chi connectivity index (χ3n) is 5.54. The molecular weight excluding hydrogens is 469 g/mol. The summed E-state index contributed by atoms with van der Waals surface area (Å²) in [5.74, 6) is -0.907. The maximum atomic E-state index is 14.4. The molecule has 0 bridgehead atoms. The Bertz CT molecular complexity index is 1330. The number of halogens is 2. The van der Waals surface area contributed by atoms with Crippen molar-refractivity contribution in [2.24, 2.45) is 0 Å². The molecule has 0 fully saturated rings. The van der Waals surface area contributed by atoms with Gasteiger partial charge in [-0.1, -0.05) is 53.2 Å². The number of hydrogen-bond acceptors (Lipinski definition) is 4. The van der Waals surface area contributed by atoms with Gasteiger partial charge in [0.25, 0.3) is 5.91 Å². The van der Waals surface area contributed by atoms with E-state index in [2.05, 4.69) is 10.5 Å². The van der Waals surface area contributed by atoms with Crippen LogP contribution in [0.5, 0.6) is 0 Å². The number of para-hydroxylation sites is 1. The largest absolute Gasteiger partial charge is 0.360 e. The highest BCUT2D eigenvalue weighted by atomic mass is 35.5. The van der Waals surface area contributed by atoms with Crippen LogP contribution in [0.4, 0.5) is 15.8 Å². The lowest BCUT2D eigenvalue weighted by atomic mass is 10.0. The molecule has 4 aromatic rings. The molecule has 4 rings (SSSR count). The number of nitrogens with one attached hydrogen (secondary N) is 1. The average molecular weight is 492 g/mol. The molecule has 6 nitrogen and oxygen atoms in total. The first-order valence-corrected chi connectivity index (χ1v) is 11.4. The highest BCUT2D eigenvalue weighted by Gasteiger charge is 2.25. The zero-order valence-corrected chi connectivity index (χ0v) is 20.0. The lowest BCUT2D eigenvalue weighted by Crippen LogP contribution is -2.31. The first kappa shape index (κ1) is 24.2. The van der Waals surface area contributed by atoms with Crippen LogP contribution < -0.4 is 10.2 Å². The second kappa shape index (κ2) is 10.5. The number of hydrogen-bond donors (Lipinski definition) is 1. The summed E-state index contributed by atoms with van der Waals surface area (Å²) in [6, 6.07) is 20.7. The minimum atomic E-state index is -0.606. The van der Waals surface area contributed by atoms with E-state index in [1.54, 1.807) is 36.1 Å². The summed E-state index contributed by atoms with van der Waals surface area (Å²) in [5.41, 5.74) is 2.29. The number of carbonyl (C=O) groups excluding carboxylic acids is 2. The van der Waals surface area contributed by atoms with Gasteiger partial charge in [0.05, 0.1) is 17.0 Å². The van der Waals surface area contributed by atoms with Crippen molar-refractivity contribution in [2.75, 3.05) is 16.8 Å². The molecule has 0 aliphatic carbocycles. The summed E-state index contributed by atoms with van der Waals surface area (Å²) in [5, 5.41) is 6.76. The minimum absolute atomic E-state index is 0.00363. The molecule has 0 saturated heterocycles. The number of rotatable bonds is 7. The van der Waals surface area contributed by atoms with Crippen LogP contribution >= 0.6 is 11.6 Å². The Balaban J connectivity index is 1.49. The van der Waals surface area contributed by atoms with Gasteiger partial charge in [-0.15, -0.1) is 0 Å².